The van der Waals surface area contributed by atoms with Crippen LogP contribution in [0.15, 0.2) is 48.7 Å². The summed E-state index contributed by atoms with van der Waals surface area (Å²) in [5.74, 6) is 0.330. The van der Waals surface area contributed by atoms with Crippen molar-refractivity contribution < 1.29 is 9.59 Å². The highest BCUT2D eigenvalue weighted by atomic mass is 16.1. The number of amides is 1. The van der Waals surface area contributed by atoms with Gasteiger partial charge in [-0.15, -0.1) is 0 Å². The predicted octanol–water partition coefficient (Wildman–Crippen LogP) is 4.32. The number of pyridine rings is 1. The Bertz CT molecular complexity index is 1310. The van der Waals surface area contributed by atoms with Crippen molar-refractivity contribution in [3.8, 4) is 0 Å². The van der Waals surface area contributed by atoms with E-state index in [4.69, 9.17) is 5.73 Å². The fourth-order valence-electron chi connectivity index (χ4n) is 4.18. The topological polar surface area (TPSA) is 102 Å². The monoisotopic (exact) mass is 459 g/mol. The van der Waals surface area contributed by atoms with E-state index in [1.807, 2.05) is 74.9 Å². The van der Waals surface area contributed by atoms with Gasteiger partial charge < -0.3 is 20.9 Å². The molecule has 2 aromatic heterocycles. The Balaban J connectivity index is 0.00000158. The number of aromatic nitrogens is 2. The van der Waals surface area contributed by atoms with Crippen LogP contribution in [-0.2, 0) is 19.5 Å². The summed E-state index contributed by atoms with van der Waals surface area (Å²) >= 11 is 0. The summed E-state index contributed by atoms with van der Waals surface area (Å²) in [5, 5.41) is 9.07. The van der Waals surface area contributed by atoms with Crippen LogP contribution in [0.25, 0.3) is 21.7 Å². The smallest absolute Gasteiger partial charge is 0.251 e. The third kappa shape index (κ3) is 5.10. The van der Waals surface area contributed by atoms with E-state index >= 15 is 0 Å². The first-order valence-corrected chi connectivity index (χ1v) is 11.7. The van der Waals surface area contributed by atoms with E-state index in [0.717, 1.165) is 52.1 Å². The number of likely N-dealkylation sites (N-methyl/N-ethyl adjacent to an activating group) is 1. The maximum Gasteiger partial charge on any atom is 0.251 e. The van der Waals surface area contributed by atoms with E-state index in [1.54, 1.807) is 6.20 Å². The van der Waals surface area contributed by atoms with Gasteiger partial charge in [0.25, 0.3) is 5.91 Å². The summed E-state index contributed by atoms with van der Waals surface area (Å²) in [5.41, 5.74) is 9.92. The molecule has 4 aromatic rings. The fourth-order valence-corrected chi connectivity index (χ4v) is 4.18. The lowest BCUT2D eigenvalue weighted by Gasteiger charge is -2.08. The van der Waals surface area contributed by atoms with Crippen molar-refractivity contribution in [2.45, 2.75) is 40.3 Å². The number of hydrogen-bond donors (Lipinski definition) is 3. The van der Waals surface area contributed by atoms with Gasteiger partial charge >= 0.3 is 0 Å². The molecule has 0 aliphatic rings. The Morgan fingerprint density at radius 2 is 1.91 bits per heavy atom. The minimum absolute atomic E-state index is 0.154. The molecule has 4 N–H and O–H groups in total. The molecule has 0 bridgehead atoms. The molecule has 0 unspecified atom stereocenters. The number of fused-ring (bicyclic) bond motifs is 2. The minimum Gasteiger partial charge on any atom is -0.384 e. The van der Waals surface area contributed by atoms with E-state index in [2.05, 4.69) is 15.6 Å². The van der Waals surface area contributed by atoms with Crippen LogP contribution < -0.4 is 16.4 Å². The molecule has 2 heterocycles. The Kier molecular flexibility index (Phi) is 8.38. The van der Waals surface area contributed by atoms with Crippen molar-refractivity contribution in [1.82, 2.24) is 20.2 Å². The lowest BCUT2D eigenvalue weighted by Crippen LogP contribution is -2.22. The van der Waals surface area contributed by atoms with Gasteiger partial charge in [0.2, 0.25) is 0 Å². The first-order valence-electron chi connectivity index (χ1n) is 11.7. The number of nitrogens with one attached hydrogen (secondary N) is 2. The van der Waals surface area contributed by atoms with Gasteiger partial charge in [0.05, 0.1) is 5.69 Å². The summed E-state index contributed by atoms with van der Waals surface area (Å²) < 4.78 is 2.00. The van der Waals surface area contributed by atoms with Gasteiger partial charge in [-0.2, -0.15) is 0 Å². The van der Waals surface area contributed by atoms with E-state index in [-0.39, 0.29) is 5.91 Å². The number of carbonyl (C=O) groups is 2. The number of benzene rings is 2. The van der Waals surface area contributed by atoms with Crippen LogP contribution in [0, 0.1) is 0 Å². The maximum atomic E-state index is 12.9. The van der Waals surface area contributed by atoms with Crippen LogP contribution in [0.3, 0.4) is 0 Å². The standard InChI is InChI=1S/C25H27N5O2.C2H6/c1-3-30-22-7-6-18(11-21(22)20(8-9-27-2)23(30)15-31)25(32)29-13-16-4-5-17-12-24(26)28-14-19(17)10-16;1-2/h4-7,10-12,14-15,27H,3,8-9,13H2,1-2H3,(H2,26,28)(H,29,32);1-2H3. The van der Waals surface area contributed by atoms with Gasteiger partial charge in [-0.05, 0) is 73.8 Å². The van der Waals surface area contributed by atoms with Gasteiger partial charge in [0.15, 0.2) is 6.29 Å². The Hall–Kier alpha value is -3.71. The molecule has 7 nitrogen and oxygen atoms in total. The zero-order chi connectivity index (χ0) is 24.7. The molecule has 2 aromatic carbocycles. The number of nitrogen functional groups attached to an aromatic ring is 1. The molecule has 0 spiro atoms. The van der Waals surface area contributed by atoms with Crippen molar-refractivity contribution in [2.75, 3.05) is 19.3 Å². The highest BCUT2D eigenvalue weighted by molar-refractivity contribution is 6.01. The fraction of sp³-hybridized carbons (Fsp3) is 0.296. The number of rotatable bonds is 8. The molecule has 34 heavy (non-hydrogen) atoms. The van der Waals surface area contributed by atoms with Gasteiger partial charge in [-0.1, -0.05) is 26.0 Å². The van der Waals surface area contributed by atoms with Crippen molar-refractivity contribution in [2.24, 2.45) is 0 Å². The van der Waals surface area contributed by atoms with Crippen LogP contribution >= 0.6 is 0 Å². The second-order valence-electron chi connectivity index (χ2n) is 7.78. The average Bonchev–Trinajstić information content (AvgIpc) is 3.18. The minimum atomic E-state index is -0.154. The molecule has 0 aliphatic heterocycles. The molecule has 0 radical (unpaired) electrons. The molecule has 0 aliphatic carbocycles. The van der Waals surface area contributed by atoms with Crippen molar-refractivity contribution in [3.05, 3.63) is 71.0 Å². The Labute approximate surface area is 200 Å². The number of nitrogens with two attached hydrogens (primary N) is 1. The molecular formula is C27H33N5O2. The average molecular weight is 460 g/mol. The number of nitrogens with zero attached hydrogens (tertiary/aromatic N) is 2. The maximum absolute atomic E-state index is 12.9. The first kappa shape index (κ1) is 24.9. The van der Waals surface area contributed by atoms with Crippen molar-refractivity contribution in [3.63, 3.8) is 0 Å². The first-order chi connectivity index (χ1) is 16.5. The molecule has 0 saturated heterocycles. The second kappa shape index (κ2) is 11.4. The SMILES string of the molecule is CC.CCn1c(C=O)c(CCNC)c2cc(C(=O)NCc3ccc4cc(N)ncc4c3)ccc21. The largest absolute Gasteiger partial charge is 0.384 e. The van der Waals surface area contributed by atoms with E-state index in [1.165, 1.54) is 0 Å². The number of aldehydes is 1. The quantitative estimate of drug-likeness (QED) is 0.341. The normalized spacial score (nSPS) is 10.7. The Morgan fingerprint density at radius 1 is 1.12 bits per heavy atom. The van der Waals surface area contributed by atoms with Gasteiger partial charge in [0.1, 0.15) is 5.82 Å². The third-order valence-electron chi connectivity index (χ3n) is 5.79. The van der Waals surface area contributed by atoms with Crippen LogP contribution in [0.1, 0.15) is 52.7 Å². The van der Waals surface area contributed by atoms with Crippen molar-refractivity contribution in [1.29, 1.82) is 0 Å². The second-order valence-corrected chi connectivity index (χ2v) is 7.78. The predicted molar refractivity (Wildman–Crippen MR) is 139 cm³/mol. The molecule has 0 fully saturated rings. The molecule has 178 valence electrons. The molecule has 1 amide bonds. The van der Waals surface area contributed by atoms with Gasteiger partial charge in [-0.3, -0.25) is 9.59 Å². The summed E-state index contributed by atoms with van der Waals surface area (Å²) in [6, 6.07) is 13.4. The summed E-state index contributed by atoms with van der Waals surface area (Å²) in [7, 11) is 1.89. The summed E-state index contributed by atoms with van der Waals surface area (Å²) in [4.78, 5) is 28.8. The van der Waals surface area contributed by atoms with Gasteiger partial charge in [0, 0.05) is 41.1 Å². The number of aryl methyl sites for hydroxylation is 1. The third-order valence-corrected chi connectivity index (χ3v) is 5.79. The molecule has 7 heteroatoms. The van der Waals surface area contributed by atoms with Crippen LogP contribution in [0.4, 0.5) is 5.82 Å². The number of anilines is 1. The molecule has 4 rings (SSSR count). The summed E-state index contributed by atoms with van der Waals surface area (Å²) in [6.07, 6.45) is 3.37. The van der Waals surface area contributed by atoms with E-state index in [0.29, 0.717) is 30.2 Å². The number of hydrogen-bond acceptors (Lipinski definition) is 5. The van der Waals surface area contributed by atoms with Crippen LogP contribution in [0.2, 0.25) is 0 Å². The zero-order valence-corrected chi connectivity index (χ0v) is 20.3. The highest BCUT2D eigenvalue weighted by Gasteiger charge is 2.17. The van der Waals surface area contributed by atoms with Gasteiger partial charge in [-0.25, -0.2) is 4.98 Å². The zero-order valence-electron chi connectivity index (χ0n) is 20.3. The lowest BCUT2D eigenvalue weighted by molar-refractivity contribution is 0.0950. The number of carbonyl (C=O) groups excluding carboxylic acids is 2. The summed E-state index contributed by atoms with van der Waals surface area (Å²) in [6.45, 7) is 7.86. The van der Waals surface area contributed by atoms with Crippen molar-refractivity contribution >= 4 is 39.7 Å². The lowest BCUT2D eigenvalue weighted by atomic mass is 10.0. The van der Waals surface area contributed by atoms with E-state index < -0.39 is 0 Å². The molecule has 0 atom stereocenters. The highest BCUT2D eigenvalue weighted by Crippen LogP contribution is 2.27. The Morgan fingerprint density at radius 3 is 2.62 bits per heavy atom. The molecule has 0 saturated carbocycles. The van der Waals surface area contributed by atoms with Crippen LogP contribution in [-0.4, -0.2) is 35.3 Å². The van der Waals surface area contributed by atoms with Crippen LogP contribution in [0.5, 0.6) is 0 Å². The van der Waals surface area contributed by atoms with E-state index in [9.17, 15) is 9.59 Å². The molecular weight excluding hydrogens is 426 g/mol.